The normalized spacial score (nSPS) is 18.5. The molecule has 1 aliphatic heterocycles. The zero-order valence-corrected chi connectivity index (χ0v) is 12.7. The Labute approximate surface area is 134 Å². The minimum atomic E-state index is 0.440. The molecule has 2 aromatic heterocycles. The maximum absolute atomic E-state index is 5.39. The molecule has 0 bridgehead atoms. The van der Waals surface area contributed by atoms with Crippen molar-refractivity contribution < 1.29 is 4.52 Å². The first-order chi connectivity index (χ1) is 11.4. The number of likely N-dealkylation sites (tertiary alicyclic amines) is 1. The molecule has 7 nitrogen and oxygen atoms in total. The van der Waals surface area contributed by atoms with E-state index in [9.17, 15) is 0 Å². The third-order valence-electron chi connectivity index (χ3n) is 4.20. The smallest absolute Gasteiger partial charge is 0.257 e. The summed E-state index contributed by atoms with van der Waals surface area (Å²) in [5.74, 6) is 1.31. The molecule has 0 amide bonds. The van der Waals surface area contributed by atoms with Crippen molar-refractivity contribution in [3.8, 4) is 11.5 Å². The van der Waals surface area contributed by atoms with E-state index < -0.39 is 0 Å². The quantitative estimate of drug-likeness (QED) is 0.717. The molecule has 23 heavy (non-hydrogen) atoms. The van der Waals surface area contributed by atoms with Crippen LogP contribution >= 0.6 is 0 Å². The van der Waals surface area contributed by atoms with Crippen LogP contribution in [0.2, 0.25) is 0 Å². The lowest BCUT2D eigenvalue weighted by Gasteiger charge is -2.22. The summed E-state index contributed by atoms with van der Waals surface area (Å²) in [4.78, 5) is 10.9. The van der Waals surface area contributed by atoms with E-state index >= 15 is 0 Å². The lowest BCUT2D eigenvalue weighted by molar-refractivity contribution is 0.211. The van der Waals surface area contributed by atoms with Gasteiger partial charge < -0.3 is 4.52 Å². The highest BCUT2D eigenvalue weighted by molar-refractivity contribution is 5.51. The summed E-state index contributed by atoms with van der Waals surface area (Å²) in [5.41, 5.74) is 0.951. The lowest BCUT2D eigenvalue weighted by Crippen LogP contribution is -2.33. The molecule has 1 aliphatic rings. The number of aromatic nitrogens is 5. The van der Waals surface area contributed by atoms with Crippen molar-refractivity contribution in [3.63, 3.8) is 0 Å². The van der Waals surface area contributed by atoms with Crippen LogP contribution in [0.25, 0.3) is 11.5 Å². The number of benzene rings is 1. The van der Waals surface area contributed by atoms with Gasteiger partial charge in [-0.2, -0.15) is 10.1 Å². The van der Waals surface area contributed by atoms with E-state index in [1.54, 1.807) is 12.7 Å². The molecule has 3 aromatic rings. The SMILES string of the molecule is c1ccc(-c2nc(CN3CCC[C@H]3Cn3cncn3)no2)cc1. The molecule has 0 saturated carbocycles. The molecular formula is C16H18N6O. The number of hydrogen-bond donors (Lipinski definition) is 0. The standard InChI is InChI=1S/C16H18N6O/c1-2-5-13(6-3-1)16-19-15(20-23-16)10-21-8-4-7-14(21)9-22-12-17-11-18-22/h1-3,5-6,11-12,14H,4,7-10H2/t14-/m0/s1. The first-order valence-electron chi connectivity index (χ1n) is 7.83. The molecule has 0 N–H and O–H groups in total. The predicted molar refractivity (Wildman–Crippen MR) is 83.2 cm³/mol. The third kappa shape index (κ3) is 3.14. The molecular weight excluding hydrogens is 292 g/mol. The number of hydrogen-bond acceptors (Lipinski definition) is 6. The fourth-order valence-corrected chi connectivity index (χ4v) is 3.05. The summed E-state index contributed by atoms with van der Waals surface area (Å²) in [6.45, 7) is 2.60. The Bertz CT molecular complexity index is 739. The van der Waals surface area contributed by atoms with Crippen molar-refractivity contribution in [2.45, 2.75) is 32.0 Å². The second-order valence-corrected chi connectivity index (χ2v) is 5.77. The topological polar surface area (TPSA) is 72.9 Å². The summed E-state index contributed by atoms with van der Waals surface area (Å²) in [5, 5.41) is 8.32. The molecule has 118 valence electrons. The highest BCUT2D eigenvalue weighted by Gasteiger charge is 2.26. The Kier molecular flexibility index (Phi) is 3.85. The molecule has 7 heteroatoms. The Hall–Kier alpha value is -2.54. The minimum absolute atomic E-state index is 0.440. The second kappa shape index (κ2) is 6.29. The van der Waals surface area contributed by atoms with Crippen LogP contribution in [-0.4, -0.2) is 42.4 Å². The molecule has 0 radical (unpaired) electrons. The van der Waals surface area contributed by atoms with Gasteiger partial charge in [0, 0.05) is 11.6 Å². The summed E-state index contributed by atoms with van der Waals surface area (Å²) < 4.78 is 7.27. The van der Waals surface area contributed by atoms with Gasteiger partial charge in [-0.3, -0.25) is 9.58 Å². The van der Waals surface area contributed by atoms with Crippen LogP contribution in [0.15, 0.2) is 47.5 Å². The summed E-state index contributed by atoms with van der Waals surface area (Å²) >= 11 is 0. The second-order valence-electron chi connectivity index (χ2n) is 5.77. The average Bonchev–Trinajstić information content (AvgIpc) is 3.33. The van der Waals surface area contributed by atoms with Gasteiger partial charge in [-0.1, -0.05) is 23.4 Å². The van der Waals surface area contributed by atoms with Crippen molar-refractivity contribution in [2.75, 3.05) is 6.54 Å². The molecule has 0 unspecified atom stereocenters. The van der Waals surface area contributed by atoms with Gasteiger partial charge in [0.1, 0.15) is 12.7 Å². The van der Waals surface area contributed by atoms with Gasteiger partial charge in [0.2, 0.25) is 0 Å². The van der Waals surface area contributed by atoms with E-state index in [0.717, 1.165) is 30.9 Å². The van der Waals surface area contributed by atoms with E-state index in [4.69, 9.17) is 4.52 Å². The molecule has 1 aromatic carbocycles. The fourth-order valence-electron chi connectivity index (χ4n) is 3.05. The van der Waals surface area contributed by atoms with Gasteiger partial charge >= 0.3 is 0 Å². The zero-order chi connectivity index (χ0) is 15.5. The van der Waals surface area contributed by atoms with E-state index in [1.807, 2.05) is 35.0 Å². The highest BCUT2D eigenvalue weighted by atomic mass is 16.5. The Morgan fingerprint density at radius 2 is 2.13 bits per heavy atom. The van der Waals surface area contributed by atoms with Crippen molar-refractivity contribution in [3.05, 3.63) is 48.8 Å². The molecule has 1 saturated heterocycles. The first-order valence-corrected chi connectivity index (χ1v) is 7.83. The van der Waals surface area contributed by atoms with Crippen LogP contribution in [-0.2, 0) is 13.1 Å². The van der Waals surface area contributed by atoms with Crippen LogP contribution in [0.1, 0.15) is 18.7 Å². The minimum Gasteiger partial charge on any atom is -0.334 e. The van der Waals surface area contributed by atoms with Crippen molar-refractivity contribution >= 4 is 0 Å². The number of rotatable bonds is 5. The molecule has 1 atom stereocenters. The molecule has 0 aliphatic carbocycles. The summed E-state index contributed by atoms with van der Waals surface area (Å²) in [6.07, 6.45) is 5.68. The zero-order valence-electron chi connectivity index (χ0n) is 12.7. The van der Waals surface area contributed by atoms with Crippen LogP contribution in [0.5, 0.6) is 0 Å². The fraction of sp³-hybridized carbons (Fsp3) is 0.375. The summed E-state index contributed by atoms with van der Waals surface area (Å²) in [7, 11) is 0. The van der Waals surface area contributed by atoms with E-state index in [2.05, 4.69) is 25.1 Å². The lowest BCUT2D eigenvalue weighted by atomic mass is 10.2. The van der Waals surface area contributed by atoms with Crippen LogP contribution in [0, 0.1) is 0 Å². The van der Waals surface area contributed by atoms with Gasteiger partial charge in [-0.25, -0.2) is 4.98 Å². The monoisotopic (exact) mass is 310 g/mol. The number of nitrogens with zero attached hydrogens (tertiary/aromatic N) is 6. The van der Waals surface area contributed by atoms with Gasteiger partial charge in [-0.05, 0) is 31.5 Å². The van der Waals surface area contributed by atoms with Crippen molar-refractivity contribution in [2.24, 2.45) is 0 Å². The van der Waals surface area contributed by atoms with Crippen molar-refractivity contribution in [1.29, 1.82) is 0 Å². The third-order valence-corrected chi connectivity index (χ3v) is 4.20. The maximum atomic E-state index is 5.39. The van der Waals surface area contributed by atoms with Gasteiger partial charge in [0.25, 0.3) is 5.89 Å². The van der Waals surface area contributed by atoms with Crippen molar-refractivity contribution in [1.82, 2.24) is 29.8 Å². The maximum Gasteiger partial charge on any atom is 0.257 e. The average molecular weight is 310 g/mol. The van der Waals surface area contributed by atoms with Crippen LogP contribution in [0.4, 0.5) is 0 Å². The Balaban J connectivity index is 1.44. The first kappa shape index (κ1) is 14.1. The van der Waals surface area contributed by atoms with E-state index in [1.165, 1.54) is 6.42 Å². The Morgan fingerprint density at radius 3 is 2.96 bits per heavy atom. The van der Waals surface area contributed by atoms with Crippen LogP contribution in [0.3, 0.4) is 0 Å². The molecule has 1 fully saturated rings. The van der Waals surface area contributed by atoms with E-state index in [-0.39, 0.29) is 0 Å². The molecule has 0 spiro atoms. The van der Waals surface area contributed by atoms with Crippen LogP contribution < -0.4 is 0 Å². The highest BCUT2D eigenvalue weighted by Crippen LogP contribution is 2.22. The molecule has 3 heterocycles. The molecule has 4 rings (SSSR count). The predicted octanol–water partition coefficient (Wildman–Crippen LogP) is 1.99. The van der Waals surface area contributed by atoms with E-state index in [0.29, 0.717) is 18.5 Å². The van der Waals surface area contributed by atoms with Gasteiger partial charge in [-0.15, -0.1) is 0 Å². The largest absolute Gasteiger partial charge is 0.334 e. The Morgan fingerprint density at radius 1 is 1.22 bits per heavy atom. The summed E-state index contributed by atoms with van der Waals surface area (Å²) in [6, 6.07) is 10.3. The van der Waals surface area contributed by atoms with Gasteiger partial charge in [0.05, 0.1) is 13.1 Å². The van der Waals surface area contributed by atoms with Gasteiger partial charge in [0.15, 0.2) is 5.82 Å².